The summed E-state index contributed by atoms with van der Waals surface area (Å²) < 4.78 is 5.73. The summed E-state index contributed by atoms with van der Waals surface area (Å²) in [7, 11) is 1.63. The van der Waals surface area contributed by atoms with E-state index >= 15 is 0 Å². The molecule has 0 spiro atoms. The Labute approximate surface area is 80.1 Å². The molecule has 1 rings (SSSR count). The molecule has 1 atom stereocenters. The molecule has 66 valence electrons. The van der Waals surface area contributed by atoms with Crippen LogP contribution >= 0.6 is 15.9 Å². The van der Waals surface area contributed by atoms with Gasteiger partial charge in [0.2, 0.25) is 0 Å². The summed E-state index contributed by atoms with van der Waals surface area (Å²) in [5.41, 5.74) is 6.78. The lowest BCUT2D eigenvalue weighted by Gasteiger charge is -2.11. The summed E-state index contributed by atoms with van der Waals surface area (Å²) in [5.74, 6) is 0. The predicted octanol–water partition coefficient (Wildman–Crippen LogP) is 1.49. The molecule has 12 heavy (non-hydrogen) atoms. The van der Waals surface area contributed by atoms with Crippen LogP contribution in [0.15, 0.2) is 22.9 Å². The van der Waals surface area contributed by atoms with Crippen molar-refractivity contribution in [2.45, 2.75) is 6.04 Å². The molecule has 1 heterocycles. The molecule has 0 fully saturated rings. The van der Waals surface area contributed by atoms with Crippen molar-refractivity contribution in [2.75, 3.05) is 13.7 Å². The summed E-state index contributed by atoms with van der Waals surface area (Å²) in [6.07, 6.45) is 1.72. The van der Waals surface area contributed by atoms with Gasteiger partial charge in [0.05, 0.1) is 12.6 Å². The van der Waals surface area contributed by atoms with Crippen LogP contribution in [-0.2, 0) is 4.74 Å². The molecule has 1 aromatic heterocycles. The zero-order valence-corrected chi connectivity index (χ0v) is 8.41. The van der Waals surface area contributed by atoms with E-state index in [1.165, 1.54) is 0 Å². The van der Waals surface area contributed by atoms with Crippen molar-refractivity contribution < 1.29 is 4.74 Å². The van der Waals surface area contributed by atoms with E-state index < -0.39 is 0 Å². The highest BCUT2D eigenvalue weighted by Crippen LogP contribution is 2.18. The molecule has 0 aliphatic carbocycles. The Morgan fingerprint density at radius 3 is 3.08 bits per heavy atom. The summed E-state index contributed by atoms with van der Waals surface area (Å²) in [4.78, 5) is 4.06. The first kappa shape index (κ1) is 9.64. The summed E-state index contributed by atoms with van der Waals surface area (Å²) in [5, 5.41) is 0. The molecule has 0 saturated heterocycles. The lowest BCUT2D eigenvalue weighted by Crippen LogP contribution is -2.16. The number of pyridine rings is 1. The van der Waals surface area contributed by atoms with Crippen LogP contribution in [0.1, 0.15) is 11.6 Å². The largest absolute Gasteiger partial charge is 0.383 e. The van der Waals surface area contributed by atoms with Crippen LogP contribution in [0.2, 0.25) is 0 Å². The van der Waals surface area contributed by atoms with Crippen LogP contribution in [0.5, 0.6) is 0 Å². The maximum atomic E-state index is 5.81. The molecule has 0 amide bonds. The smallest absolute Gasteiger partial charge is 0.110 e. The maximum absolute atomic E-state index is 5.81. The topological polar surface area (TPSA) is 48.1 Å². The maximum Gasteiger partial charge on any atom is 0.110 e. The fourth-order valence-electron chi connectivity index (χ4n) is 0.944. The Hall–Kier alpha value is -0.450. The quantitative estimate of drug-likeness (QED) is 0.801. The van der Waals surface area contributed by atoms with E-state index in [1.807, 2.05) is 12.1 Å². The number of hydrogen-bond acceptors (Lipinski definition) is 3. The van der Waals surface area contributed by atoms with Crippen LogP contribution in [0.4, 0.5) is 0 Å². The van der Waals surface area contributed by atoms with Crippen molar-refractivity contribution >= 4 is 15.9 Å². The van der Waals surface area contributed by atoms with Gasteiger partial charge in [-0.05, 0) is 22.0 Å². The van der Waals surface area contributed by atoms with E-state index in [1.54, 1.807) is 13.3 Å². The lowest BCUT2D eigenvalue weighted by molar-refractivity contribution is 0.180. The highest BCUT2D eigenvalue weighted by molar-refractivity contribution is 9.10. The van der Waals surface area contributed by atoms with Gasteiger partial charge in [-0.1, -0.05) is 6.07 Å². The average Bonchev–Trinajstić information content (AvgIpc) is 2.05. The molecule has 0 aromatic carbocycles. The molecule has 0 aliphatic heterocycles. The molecule has 0 bridgehead atoms. The van der Waals surface area contributed by atoms with E-state index in [0.717, 1.165) is 10.2 Å². The van der Waals surface area contributed by atoms with Gasteiger partial charge in [0.15, 0.2) is 0 Å². The molecule has 2 N–H and O–H groups in total. The number of aromatic nitrogens is 1. The Balaban J connectivity index is 2.79. The van der Waals surface area contributed by atoms with Gasteiger partial charge in [-0.15, -0.1) is 0 Å². The molecule has 0 saturated carbocycles. The third kappa shape index (κ3) is 2.27. The van der Waals surface area contributed by atoms with Crippen molar-refractivity contribution in [3.8, 4) is 0 Å². The van der Waals surface area contributed by atoms with Gasteiger partial charge < -0.3 is 10.5 Å². The van der Waals surface area contributed by atoms with Crippen molar-refractivity contribution in [2.24, 2.45) is 5.73 Å². The highest BCUT2D eigenvalue weighted by atomic mass is 79.9. The van der Waals surface area contributed by atoms with Gasteiger partial charge in [0.25, 0.3) is 0 Å². The number of ether oxygens (including phenoxy) is 1. The van der Waals surface area contributed by atoms with Crippen molar-refractivity contribution in [3.63, 3.8) is 0 Å². The molecular weight excluding hydrogens is 220 g/mol. The number of halogens is 1. The number of rotatable bonds is 3. The molecular formula is C8H11BrN2O. The fourth-order valence-corrected chi connectivity index (χ4v) is 1.49. The van der Waals surface area contributed by atoms with Crippen LogP contribution in [0.3, 0.4) is 0 Å². The second-order valence-corrected chi connectivity index (χ2v) is 3.20. The average molecular weight is 231 g/mol. The number of nitrogens with zero attached hydrogens (tertiary/aromatic N) is 1. The third-order valence-corrected chi connectivity index (χ3v) is 2.20. The van der Waals surface area contributed by atoms with E-state index in [0.29, 0.717) is 6.61 Å². The Morgan fingerprint density at radius 2 is 2.50 bits per heavy atom. The first-order valence-electron chi connectivity index (χ1n) is 3.60. The monoisotopic (exact) mass is 230 g/mol. The van der Waals surface area contributed by atoms with E-state index in [4.69, 9.17) is 10.5 Å². The molecule has 0 unspecified atom stereocenters. The Morgan fingerprint density at radius 1 is 1.75 bits per heavy atom. The minimum absolute atomic E-state index is 0.113. The van der Waals surface area contributed by atoms with Crippen LogP contribution in [0, 0.1) is 0 Å². The second kappa shape index (κ2) is 4.54. The van der Waals surface area contributed by atoms with Gasteiger partial charge in [-0.25, -0.2) is 4.98 Å². The minimum atomic E-state index is -0.113. The summed E-state index contributed by atoms with van der Waals surface area (Å²) >= 11 is 3.32. The molecule has 4 heteroatoms. The van der Waals surface area contributed by atoms with Crippen LogP contribution < -0.4 is 5.73 Å². The van der Waals surface area contributed by atoms with Crippen molar-refractivity contribution in [1.82, 2.24) is 4.98 Å². The van der Waals surface area contributed by atoms with E-state index in [9.17, 15) is 0 Å². The summed E-state index contributed by atoms with van der Waals surface area (Å²) in [6, 6.07) is 3.68. The highest BCUT2D eigenvalue weighted by Gasteiger charge is 2.08. The molecule has 0 radical (unpaired) electrons. The number of nitrogens with two attached hydrogens (primary N) is 1. The second-order valence-electron chi connectivity index (χ2n) is 2.45. The van der Waals surface area contributed by atoms with Crippen molar-refractivity contribution in [3.05, 3.63) is 28.5 Å². The number of methoxy groups -OCH3 is 1. The van der Waals surface area contributed by atoms with E-state index in [-0.39, 0.29) is 6.04 Å². The van der Waals surface area contributed by atoms with Gasteiger partial charge in [0.1, 0.15) is 4.60 Å². The Bertz CT molecular complexity index is 255. The lowest BCUT2D eigenvalue weighted by atomic mass is 10.1. The number of hydrogen-bond donors (Lipinski definition) is 1. The van der Waals surface area contributed by atoms with Gasteiger partial charge in [-0.3, -0.25) is 0 Å². The van der Waals surface area contributed by atoms with E-state index in [2.05, 4.69) is 20.9 Å². The molecule has 0 aliphatic rings. The zero-order valence-electron chi connectivity index (χ0n) is 6.83. The SMILES string of the molecule is COC[C@@H](N)c1cccnc1Br. The van der Waals surface area contributed by atoms with Gasteiger partial charge in [-0.2, -0.15) is 0 Å². The third-order valence-electron chi connectivity index (χ3n) is 1.53. The van der Waals surface area contributed by atoms with Gasteiger partial charge in [0, 0.05) is 18.9 Å². The van der Waals surface area contributed by atoms with Crippen LogP contribution in [0.25, 0.3) is 0 Å². The molecule has 1 aromatic rings. The first-order chi connectivity index (χ1) is 5.75. The predicted molar refractivity (Wildman–Crippen MR) is 50.7 cm³/mol. The summed E-state index contributed by atoms with van der Waals surface area (Å²) in [6.45, 7) is 0.504. The molecule has 3 nitrogen and oxygen atoms in total. The Kier molecular flexibility index (Phi) is 3.65. The van der Waals surface area contributed by atoms with Gasteiger partial charge >= 0.3 is 0 Å². The van der Waals surface area contributed by atoms with Crippen LogP contribution in [-0.4, -0.2) is 18.7 Å². The zero-order chi connectivity index (χ0) is 8.97. The fraction of sp³-hybridized carbons (Fsp3) is 0.375. The first-order valence-corrected chi connectivity index (χ1v) is 4.40. The minimum Gasteiger partial charge on any atom is -0.383 e. The van der Waals surface area contributed by atoms with Crippen molar-refractivity contribution in [1.29, 1.82) is 0 Å². The normalized spacial score (nSPS) is 12.9. The standard InChI is InChI=1S/C8H11BrN2O/c1-12-5-7(10)6-3-2-4-11-8(6)9/h2-4,7H,5,10H2,1H3/t7-/m1/s1.